The molecule has 1 atom stereocenters. The number of hydrogen-bond acceptors (Lipinski definition) is 4. The molecule has 7 heteroatoms. The Morgan fingerprint density at radius 3 is 2.37 bits per heavy atom. The number of hydrogen-bond donors (Lipinski definition) is 1. The van der Waals surface area contributed by atoms with Gasteiger partial charge in [0.1, 0.15) is 5.82 Å². The minimum absolute atomic E-state index is 0.0934. The first-order valence-corrected chi connectivity index (χ1v) is 11.8. The Bertz CT molecular complexity index is 885. The second-order valence-electron chi connectivity index (χ2n) is 9.54. The van der Waals surface area contributed by atoms with Crippen molar-refractivity contribution in [3.63, 3.8) is 0 Å². The van der Waals surface area contributed by atoms with Crippen LogP contribution in [0.25, 0.3) is 0 Å². The van der Waals surface area contributed by atoms with Gasteiger partial charge in [0.2, 0.25) is 11.8 Å². The minimum Gasteiger partial charge on any atom is -0.336 e. The third kappa shape index (κ3) is 3.79. The van der Waals surface area contributed by atoms with Gasteiger partial charge in [-0.2, -0.15) is 0 Å². The summed E-state index contributed by atoms with van der Waals surface area (Å²) in [6.07, 6.45) is 10.9. The van der Waals surface area contributed by atoms with Gasteiger partial charge in [-0.1, -0.05) is 19.3 Å². The van der Waals surface area contributed by atoms with Crippen LogP contribution in [-0.2, 0) is 22.6 Å². The normalized spacial score (nSPS) is 25.1. The highest BCUT2D eigenvalue weighted by molar-refractivity contribution is 5.81. The van der Waals surface area contributed by atoms with E-state index >= 15 is 0 Å². The van der Waals surface area contributed by atoms with Crippen LogP contribution in [0.1, 0.15) is 87.3 Å². The maximum atomic E-state index is 13.3. The quantitative estimate of drug-likeness (QED) is 0.827. The number of nitrogens with zero attached hydrogens (tertiary/aromatic N) is 3. The van der Waals surface area contributed by atoms with Gasteiger partial charge in [0, 0.05) is 30.5 Å². The molecule has 7 nitrogen and oxygen atoms in total. The van der Waals surface area contributed by atoms with Crippen LogP contribution < -0.4 is 5.56 Å². The van der Waals surface area contributed by atoms with Crippen LogP contribution in [0.4, 0.5) is 0 Å². The zero-order chi connectivity index (χ0) is 20.7. The first-order chi connectivity index (χ1) is 14.6. The molecule has 2 saturated carbocycles. The first-order valence-electron chi connectivity index (χ1n) is 11.8. The molecule has 2 amide bonds. The molecule has 0 bridgehead atoms. The molecule has 1 aromatic heterocycles. The lowest BCUT2D eigenvalue weighted by molar-refractivity contribution is -0.140. The summed E-state index contributed by atoms with van der Waals surface area (Å²) in [5, 5.41) is 0. The third-order valence-corrected chi connectivity index (χ3v) is 7.39. The van der Waals surface area contributed by atoms with Gasteiger partial charge < -0.3 is 14.8 Å². The standard InChI is InChI=1S/C23H32N4O3/c28-21-17-11-13-26(22(29)16-9-10-16)14-18(17)24-20(25-21)19-8-4-5-12-27(19)23(30)15-6-2-1-3-7-15/h15-16,19H,1-14H2,(H,24,25,28). The SMILES string of the molecule is O=C(C1CC1)N1CCc2c(nc(C3CCCCN3C(=O)C3CCCCC3)[nH]c2=O)C1. The molecule has 1 aromatic rings. The zero-order valence-electron chi connectivity index (χ0n) is 17.7. The molecule has 2 aliphatic carbocycles. The number of H-pyrrole nitrogens is 1. The largest absolute Gasteiger partial charge is 0.336 e. The Hall–Kier alpha value is -2.18. The molecule has 30 heavy (non-hydrogen) atoms. The van der Waals surface area contributed by atoms with Gasteiger partial charge in [-0.25, -0.2) is 4.98 Å². The fraction of sp³-hybridized carbons (Fsp3) is 0.739. The lowest BCUT2D eigenvalue weighted by Crippen LogP contribution is -2.44. The fourth-order valence-corrected chi connectivity index (χ4v) is 5.46. The van der Waals surface area contributed by atoms with Crippen molar-refractivity contribution in [2.45, 2.75) is 83.2 Å². The number of amides is 2. The minimum atomic E-state index is -0.152. The van der Waals surface area contributed by atoms with Gasteiger partial charge in [0.25, 0.3) is 5.56 Å². The van der Waals surface area contributed by atoms with Crippen LogP contribution in [0, 0.1) is 11.8 Å². The molecule has 3 fully saturated rings. The molecule has 1 N–H and O–H groups in total. The zero-order valence-corrected chi connectivity index (χ0v) is 17.7. The van der Waals surface area contributed by atoms with Crippen molar-refractivity contribution in [3.8, 4) is 0 Å². The smallest absolute Gasteiger partial charge is 0.254 e. The maximum Gasteiger partial charge on any atom is 0.254 e. The van der Waals surface area contributed by atoms with E-state index in [-0.39, 0.29) is 35.3 Å². The molecular formula is C23H32N4O3. The average molecular weight is 413 g/mol. The van der Waals surface area contributed by atoms with E-state index in [0.717, 1.165) is 70.0 Å². The molecule has 162 valence electrons. The van der Waals surface area contributed by atoms with E-state index in [1.165, 1.54) is 6.42 Å². The Kier molecular flexibility index (Phi) is 5.37. The molecule has 4 aliphatic rings. The topological polar surface area (TPSA) is 86.4 Å². The van der Waals surface area contributed by atoms with Crippen LogP contribution in [0.2, 0.25) is 0 Å². The Morgan fingerprint density at radius 2 is 1.60 bits per heavy atom. The van der Waals surface area contributed by atoms with Gasteiger partial charge in [-0.3, -0.25) is 14.4 Å². The van der Waals surface area contributed by atoms with Crippen molar-refractivity contribution in [2.24, 2.45) is 11.8 Å². The number of rotatable bonds is 3. The van der Waals surface area contributed by atoms with Crippen molar-refractivity contribution >= 4 is 11.8 Å². The fourth-order valence-electron chi connectivity index (χ4n) is 5.46. The molecule has 0 spiro atoms. The van der Waals surface area contributed by atoms with Crippen LogP contribution >= 0.6 is 0 Å². The van der Waals surface area contributed by atoms with Crippen LogP contribution in [0.5, 0.6) is 0 Å². The Morgan fingerprint density at radius 1 is 0.867 bits per heavy atom. The number of aromatic amines is 1. The van der Waals surface area contributed by atoms with E-state index in [2.05, 4.69) is 4.98 Å². The predicted octanol–water partition coefficient (Wildman–Crippen LogP) is 2.70. The molecule has 1 unspecified atom stereocenters. The van der Waals surface area contributed by atoms with Crippen LogP contribution in [-0.4, -0.2) is 44.7 Å². The Balaban J connectivity index is 1.40. The summed E-state index contributed by atoms with van der Waals surface area (Å²) in [7, 11) is 0. The van der Waals surface area contributed by atoms with E-state index < -0.39 is 0 Å². The van der Waals surface area contributed by atoms with Gasteiger partial charge in [0.15, 0.2) is 0 Å². The summed E-state index contributed by atoms with van der Waals surface area (Å²) < 4.78 is 0. The summed E-state index contributed by atoms with van der Waals surface area (Å²) >= 11 is 0. The molecule has 1 saturated heterocycles. The number of carbonyl (C=O) groups is 2. The van der Waals surface area contributed by atoms with Crippen molar-refractivity contribution in [1.82, 2.24) is 19.8 Å². The lowest BCUT2D eigenvalue weighted by Gasteiger charge is -2.38. The van der Waals surface area contributed by atoms with Gasteiger partial charge in [-0.05, 0) is 51.4 Å². The van der Waals surface area contributed by atoms with Gasteiger partial charge in [0.05, 0.1) is 18.3 Å². The Labute approximate surface area is 177 Å². The third-order valence-electron chi connectivity index (χ3n) is 7.39. The first kappa shape index (κ1) is 19.8. The van der Waals surface area contributed by atoms with Crippen LogP contribution in [0.3, 0.4) is 0 Å². The van der Waals surface area contributed by atoms with Crippen molar-refractivity contribution < 1.29 is 9.59 Å². The summed E-state index contributed by atoms with van der Waals surface area (Å²) in [5.74, 6) is 1.36. The van der Waals surface area contributed by atoms with Crippen LogP contribution in [0.15, 0.2) is 4.79 Å². The van der Waals surface area contributed by atoms with Gasteiger partial charge in [-0.15, -0.1) is 0 Å². The number of carbonyl (C=O) groups excluding carboxylic acids is 2. The second kappa shape index (κ2) is 8.16. The molecule has 5 rings (SSSR count). The number of aromatic nitrogens is 2. The van der Waals surface area contributed by atoms with E-state index in [9.17, 15) is 14.4 Å². The van der Waals surface area contributed by atoms with Gasteiger partial charge >= 0.3 is 0 Å². The molecule has 2 aliphatic heterocycles. The number of likely N-dealkylation sites (tertiary alicyclic amines) is 1. The van der Waals surface area contributed by atoms with E-state index in [1.54, 1.807) is 0 Å². The van der Waals surface area contributed by atoms with Crippen molar-refractivity contribution in [3.05, 3.63) is 27.4 Å². The highest BCUT2D eigenvalue weighted by atomic mass is 16.2. The number of nitrogens with one attached hydrogen (secondary N) is 1. The average Bonchev–Trinajstić information content (AvgIpc) is 3.64. The molecule has 0 radical (unpaired) electrons. The summed E-state index contributed by atoms with van der Waals surface area (Å²) in [4.78, 5) is 50.3. The highest BCUT2D eigenvalue weighted by Crippen LogP contribution is 2.35. The van der Waals surface area contributed by atoms with E-state index in [0.29, 0.717) is 30.9 Å². The highest BCUT2D eigenvalue weighted by Gasteiger charge is 2.37. The molecule has 3 heterocycles. The second-order valence-corrected chi connectivity index (χ2v) is 9.54. The number of piperidine rings is 1. The summed E-state index contributed by atoms with van der Waals surface area (Å²) in [5.41, 5.74) is 1.34. The number of fused-ring (bicyclic) bond motifs is 1. The summed E-state index contributed by atoms with van der Waals surface area (Å²) in [6, 6.07) is -0.152. The maximum absolute atomic E-state index is 13.3. The van der Waals surface area contributed by atoms with E-state index in [1.807, 2.05) is 9.80 Å². The predicted molar refractivity (Wildman–Crippen MR) is 112 cm³/mol. The molecule has 0 aromatic carbocycles. The molecular weight excluding hydrogens is 380 g/mol. The lowest BCUT2D eigenvalue weighted by atomic mass is 9.87. The van der Waals surface area contributed by atoms with Crippen molar-refractivity contribution in [1.29, 1.82) is 0 Å². The van der Waals surface area contributed by atoms with E-state index in [4.69, 9.17) is 4.98 Å². The summed E-state index contributed by atoms with van der Waals surface area (Å²) in [6.45, 7) is 1.76. The monoisotopic (exact) mass is 412 g/mol. The van der Waals surface area contributed by atoms with Crippen molar-refractivity contribution in [2.75, 3.05) is 13.1 Å².